The third-order valence-electron chi connectivity index (χ3n) is 5.83. The summed E-state index contributed by atoms with van der Waals surface area (Å²) in [7, 11) is 5.62. The van der Waals surface area contributed by atoms with Crippen LogP contribution in [0.4, 0.5) is 0 Å². The Kier molecular flexibility index (Phi) is 4.45. The zero-order valence-corrected chi connectivity index (χ0v) is 16.2. The molecule has 0 saturated carbocycles. The van der Waals surface area contributed by atoms with Gasteiger partial charge in [0.25, 0.3) is 0 Å². The van der Waals surface area contributed by atoms with Crippen LogP contribution in [0.5, 0.6) is 0 Å². The molecule has 4 nitrogen and oxygen atoms in total. The smallest absolute Gasteiger partial charge is 0.0508 e. The molecule has 136 valence electrons. The van der Waals surface area contributed by atoms with Crippen LogP contribution in [0.15, 0.2) is 0 Å². The van der Waals surface area contributed by atoms with E-state index >= 15 is 0 Å². The molecule has 2 aliphatic rings. The second kappa shape index (κ2) is 7.81. The van der Waals surface area contributed by atoms with Crippen molar-refractivity contribution >= 4 is 0 Å². The monoisotopic (exact) mass is 334 g/mol. The van der Waals surface area contributed by atoms with Crippen molar-refractivity contribution < 1.29 is 6.85 Å². The first kappa shape index (κ1) is 13.1. The Balaban J connectivity index is 2.12. The van der Waals surface area contributed by atoms with Crippen LogP contribution < -0.4 is 0 Å². The zero-order chi connectivity index (χ0) is 21.7. The largest absolute Gasteiger partial charge is 0.304 e. The molecule has 0 N–H and O–H groups in total. The maximum Gasteiger partial charge on any atom is 0.0508 e. The summed E-state index contributed by atoms with van der Waals surface area (Å²) in [5.74, 6) is 0. The molecule has 3 atom stereocenters. The number of hydrogen-bond donors (Lipinski definition) is 0. The van der Waals surface area contributed by atoms with Crippen LogP contribution in [-0.2, 0) is 0 Å². The van der Waals surface area contributed by atoms with Gasteiger partial charge in [0, 0.05) is 30.5 Å². The van der Waals surface area contributed by atoms with Gasteiger partial charge in [0.1, 0.15) is 0 Å². The fourth-order valence-corrected chi connectivity index (χ4v) is 3.61. The maximum atomic E-state index is 8.58. The summed E-state index contributed by atoms with van der Waals surface area (Å²) in [6.45, 7) is 6.68. The average Bonchev–Trinajstić information content (AvgIpc) is 2.53. The topological polar surface area (TPSA) is 13.0 Å². The van der Waals surface area contributed by atoms with Crippen LogP contribution in [-0.4, -0.2) is 90.6 Å². The van der Waals surface area contributed by atoms with Gasteiger partial charge in [0.2, 0.25) is 0 Å². The van der Waals surface area contributed by atoms with E-state index in [2.05, 4.69) is 30.6 Å². The molecule has 2 rings (SSSR count). The molecule has 0 amide bonds. The molecule has 0 aliphatic carbocycles. The number of piperidine rings is 2. The number of nitrogens with zero attached hydrogens (tertiary/aromatic N) is 4. The highest BCUT2D eigenvalue weighted by atomic mass is 15.3. The van der Waals surface area contributed by atoms with Gasteiger partial charge in [-0.3, -0.25) is 9.80 Å². The number of likely N-dealkylation sites (tertiary alicyclic amines) is 2. The van der Waals surface area contributed by atoms with Gasteiger partial charge in [0.05, 0.1) is 6.67 Å². The van der Waals surface area contributed by atoms with E-state index < -0.39 is 19.0 Å². The van der Waals surface area contributed by atoms with Crippen molar-refractivity contribution in [1.29, 1.82) is 0 Å². The predicted octanol–water partition coefficient (Wildman–Crippen LogP) is 2.55. The van der Waals surface area contributed by atoms with Crippen LogP contribution >= 0.6 is 0 Å². The summed E-state index contributed by atoms with van der Waals surface area (Å²) in [6.07, 6.45) is 2.34. The molecule has 0 aromatic carbocycles. The lowest BCUT2D eigenvalue weighted by Gasteiger charge is -2.48. The molecule has 0 aromatic rings. The average molecular weight is 335 g/mol. The van der Waals surface area contributed by atoms with Crippen LogP contribution in [0.2, 0.25) is 0 Å². The van der Waals surface area contributed by atoms with Crippen molar-refractivity contribution in [3.05, 3.63) is 0 Å². The van der Waals surface area contributed by atoms with Crippen molar-refractivity contribution in [2.75, 3.05) is 47.4 Å². The van der Waals surface area contributed by atoms with Gasteiger partial charge in [-0.15, -0.1) is 0 Å². The Morgan fingerprint density at radius 3 is 2.43 bits per heavy atom. The Morgan fingerprint density at radius 1 is 1.22 bits per heavy atom. The molecular weight excluding hydrogens is 284 g/mol. The quantitative estimate of drug-likeness (QED) is 0.716. The molecule has 0 radical (unpaired) electrons. The molecule has 3 unspecified atom stereocenters. The van der Waals surface area contributed by atoms with Crippen molar-refractivity contribution in [3.8, 4) is 0 Å². The first-order valence-corrected chi connectivity index (χ1v) is 8.96. The summed E-state index contributed by atoms with van der Waals surface area (Å²) >= 11 is 0. The van der Waals surface area contributed by atoms with Gasteiger partial charge in [0.15, 0.2) is 0 Å². The molecule has 0 aromatic heterocycles. The molecule has 2 heterocycles. The zero-order valence-electron chi connectivity index (χ0n) is 21.2. The number of hydrogen-bond acceptors (Lipinski definition) is 4. The number of rotatable bonds is 5. The van der Waals surface area contributed by atoms with Gasteiger partial charge in [-0.2, -0.15) is 0 Å². The maximum absolute atomic E-state index is 8.58. The van der Waals surface area contributed by atoms with Crippen molar-refractivity contribution in [2.24, 2.45) is 0 Å². The molecule has 2 saturated heterocycles. The van der Waals surface area contributed by atoms with Crippen LogP contribution in [0, 0.1) is 0 Å². The minimum atomic E-state index is -1.50. The standard InChI is InChI=1S/C19H40N4/c1-8-23(17-9-11-20(5)16(2)13-17)15-21(6)18-10-12-22(7)19(3,4)14-18/h16-18H,8-15H2,1-7H3/i11T2,12T2,16T. The summed E-state index contributed by atoms with van der Waals surface area (Å²) in [5, 5.41) is 0. The van der Waals surface area contributed by atoms with Crippen molar-refractivity contribution in [1.82, 2.24) is 19.6 Å². The fourth-order valence-electron chi connectivity index (χ4n) is 3.61. The summed E-state index contributed by atoms with van der Waals surface area (Å²) < 4.78 is 42.2. The minimum Gasteiger partial charge on any atom is -0.304 e. The van der Waals surface area contributed by atoms with Crippen LogP contribution in [0.25, 0.3) is 0 Å². The molecule has 0 bridgehead atoms. The Bertz CT molecular complexity index is 518. The highest BCUT2D eigenvalue weighted by Crippen LogP contribution is 2.29. The fraction of sp³-hybridized carbons (Fsp3) is 1.00. The van der Waals surface area contributed by atoms with Gasteiger partial charge in [-0.25, -0.2) is 0 Å². The Hall–Kier alpha value is -0.160. The van der Waals surface area contributed by atoms with Gasteiger partial charge >= 0.3 is 0 Å². The molecule has 4 heteroatoms. The van der Waals surface area contributed by atoms with E-state index in [1.165, 1.54) is 0 Å². The third-order valence-corrected chi connectivity index (χ3v) is 5.83. The predicted molar refractivity (Wildman–Crippen MR) is 99.9 cm³/mol. The second-order valence-electron chi connectivity index (χ2n) is 7.91. The van der Waals surface area contributed by atoms with E-state index in [-0.39, 0.29) is 17.6 Å². The first-order chi connectivity index (χ1) is 12.5. The Morgan fingerprint density at radius 2 is 1.87 bits per heavy atom. The van der Waals surface area contributed by atoms with Crippen LogP contribution in [0.3, 0.4) is 0 Å². The highest BCUT2D eigenvalue weighted by Gasteiger charge is 2.35. The third kappa shape index (κ3) is 4.68. The van der Waals surface area contributed by atoms with Gasteiger partial charge in [-0.1, -0.05) is 6.92 Å². The van der Waals surface area contributed by atoms with Gasteiger partial charge in [-0.05, 0) is 87.1 Å². The highest BCUT2D eigenvalue weighted by molar-refractivity contribution is 4.91. The SMILES string of the molecule is [3H]C1([3H])CC(N(CC)CN(C)C2CC([3H])([3H])N(C)C(C)(C)C2)CC([3H])(C)N1C. The molecule has 0 spiro atoms. The summed E-state index contributed by atoms with van der Waals surface area (Å²) in [5.41, 5.74) is -0.220. The molecule has 2 fully saturated rings. The molecular formula is C19H40N4. The molecule has 2 aliphatic heterocycles. The lowest BCUT2D eigenvalue weighted by Crippen LogP contribution is -2.56. The molecule has 23 heavy (non-hydrogen) atoms. The van der Waals surface area contributed by atoms with E-state index in [9.17, 15) is 0 Å². The van der Waals surface area contributed by atoms with E-state index in [1.807, 2.05) is 19.0 Å². The first-order valence-electron chi connectivity index (χ1n) is 11.5. The lowest BCUT2D eigenvalue weighted by atomic mass is 9.87. The van der Waals surface area contributed by atoms with E-state index in [1.54, 1.807) is 18.9 Å². The summed E-state index contributed by atoms with van der Waals surface area (Å²) in [6, 6.07) is -0.816. The minimum absolute atomic E-state index is 0.00261. The van der Waals surface area contributed by atoms with Crippen molar-refractivity contribution in [3.63, 3.8) is 0 Å². The van der Waals surface area contributed by atoms with E-state index in [0.717, 1.165) is 13.0 Å². The normalized spacial score (nSPS) is 44.3. The van der Waals surface area contributed by atoms with Gasteiger partial charge < -0.3 is 9.80 Å². The summed E-state index contributed by atoms with van der Waals surface area (Å²) in [4.78, 5) is 7.88. The van der Waals surface area contributed by atoms with Crippen LogP contribution in [0.1, 0.15) is 60.2 Å². The van der Waals surface area contributed by atoms with E-state index in [0.29, 0.717) is 25.9 Å². The van der Waals surface area contributed by atoms with Crippen molar-refractivity contribution in [2.45, 2.75) is 77.0 Å². The lowest BCUT2D eigenvalue weighted by molar-refractivity contribution is 0.00183. The van der Waals surface area contributed by atoms with E-state index in [4.69, 9.17) is 6.85 Å². The second-order valence-corrected chi connectivity index (χ2v) is 7.91. The Labute approximate surface area is 151 Å².